The minimum atomic E-state index is -0.248. The van der Waals surface area contributed by atoms with Crippen molar-refractivity contribution >= 4 is 0 Å². The van der Waals surface area contributed by atoms with E-state index in [0.717, 1.165) is 50.7 Å². The fourth-order valence-electron chi connectivity index (χ4n) is 4.14. The summed E-state index contributed by atoms with van der Waals surface area (Å²) in [6, 6.07) is 6.99. The Bertz CT molecular complexity index is 744. The van der Waals surface area contributed by atoms with Crippen LogP contribution in [0.15, 0.2) is 24.3 Å². The third-order valence-corrected chi connectivity index (χ3v) is 5.91. The molecule has 0 amide bonds. The van der Waals surface area contributed by atoms with Gasteiger partial charge in [0.1, 0.15) is 17.3 Å². The Morgan fingerprint density at radius 1 is 1.08 bits per heavy atom. The van der Waals surface area contributed by atoms with Crippen molar-refractivity contribution < 1.29 is 4.39 Å². The third kappa shape index (κ3) is 3.40. The molecule has 140 valence electrons. The molecule has 2 fully saturated rings. The van der Waals surface area contributed by atoms with Gasteiger partial charge in [-0.25, -0.2) is 14.1 Å². The average Bonchev–Trinajstić information content (AvgIpc) is 3.32. The van der Waals surface area contributed by atoms with Crippen LogP contribution in [0.4, 0.5) is 4.39 Å². The van der Waals surface area contributed by atoms with Gasteiger partial charge in [-0.15, -0.1) is 0 Å². The first-order chi connectivity index (χ1) is 12.6. The molecule has 0 radical (unpaired) electrons. The predicted octanol–water partition coefficient (Wildman–Crippen LogP) is 3.37. The number of benzene rings is 1. The lowest BCUT2D eigenvalue weighted by molar-refractivity contribution is 0.114. The van der Waals surface area contributed by atoms with Crippen LogP contribution < -0.4 is 0 Å². The number of likely N-dealkylation sites (N-methyl/N-ethyl adjacent to an activating group) is 1. The summed E-state index contributed by atoms with van der Waals surface area (Å²) in [6.07, 6.45) is 4.76. The van der Waals surface area contributed by atoms with Crippen LogP contribution in [-0.2, 0) is 0 Å². The number of hydrogen-bond donors (Lipinski definition) is 0. The fraction of sp³-hybridized carbons (Fsp3) is 0.600. The Kier molecular flexibility index (Phi) is 5.05. The first kappa shape index (κ1) is 17.6. The number of aromatic nitrogens is 3. The van der Waals surface area contributed by atoms with Gasteiger partial charge in [-0.05, 0) is 38.9 Å². The highest BCUT2D eigenvalue weighted by atomic mass is 19.1. The van der Waals surface area contributed by atoms with Crippen LogP contribution in [0.25, 0.3) is 5.69 Å². The Hall–Kier alpha value is -1.79. The average molecular weight is 357 g/mol. The number of nitrogens with zero attached hydrogens (tertiary/aromatic N) is 5. The first-order valence-electron chi connectivity index (χ1n) is 9.78. The molecule has 2 heterocycles. The summed E-state index contributed by atoms with van der Waals surface area (Å²) in [5, 5.41) is 4.78. The molecule has 4 rings (SSSR count). The van der Waals surface area contributed by atoms with Gasteiger partial charge in [0.05, 0.1) is 6.04 Å². The third-order valence-electron chi connectivity index (χ3n) is 5.91. The van der Waals surface area contributed by atoms with Gasteiger partial charge >= 0.3 is 0 Å². The zero-order valence-electron chi connectivity index (χ0n) is 15.7. The molecule has 0 bridgehead atoms. The zero-order chi connectivity index (χ0) is 18.1. The molecule has 0 spiro atoms. The molecule has 5 nitrogen and oxygen atoms in total. The molecule has 2 aromatic rings. The monoisotopic (exact) mass is 357 g/mol. The van der Waals surface area contributed by atoms with Gasteiger partial charge in [-0.1, -0.05) is 25.0 Å². The van der Waals surface area contributed by atoms with E-state index in [1.165, 1.54) is 18.9 Å². The van der Waals surface area contributed by atoms with Gasteiger partial charge in [0.25, 0.3) is 0 Å². The van der Waals surface area contributed by atoms with Crippen LogP contribution in [-0.4, -0.2) is 57.8 Å². The quantitative estimate of drug-likeness (QED) is 0.841. The highest BCUT2D eigenvalue weighted by molar-refractivity contribution is 5.34. The number of hydrogen-bond acceptors (Lipinski definition) is 4. The van der Waals surface area contributed by atoms with E-state index in [4.69, 9.17) is 10.1 Å². The van der Waals surface area contributed by atoms with Crippen LogP contribution in [0.5, 0.6) is 0 Å². The van der Waals surface area contributed by atoms with E-state index >= 15 is 0 Å². The molecule has 1 saturated heterocycles. The van der Waals surface area contributed by atoms with E-state index in [-0.39, 0.29) is 11.9 Å². The molecular weight excluding hydrogens is 329 g/mol. The second-order valence-electron chi connectivity index (χ2n) is 7.69. The van der Waals surface area contributed by atoms with Gasteiger partial charge in [0.15, 0.2) is 5.82 Å². The van der Waals surface area contributed by atoms with E-state index in [0.29, 0.717) is 11.6 Å². The number of piperazine rings is 1. The van der Waals surface area contributed by atoms with Gasteiger partial charge < -0.3 is 4.90 Å². The number of rotatable bonds is 4. The van der Waals surface area contributed by atoms with E-state index in [1.807, 2.05) is 6.07 Å². The van der Waals surface area contributed by atoms with E-state index < -0.39 is 0 Å². The SMILES string of the molecule is C[C@H](c1nc(C2CCCC2)nn1-c1ccccc1F)N1CCN(C)CC1. The second-order valence-corrected chi connectivity index (χ2v) is 7.69. The lowest BCUT2D eigenvalue weighted by Gasteiger charge is -2.35. The summed E-state index contributed by atoms with van der Waals surface area (Å²) in [5.74, 6) is 1.92. The summed E-state index contributed by atoms with van der Waals surface area (Å²) < 4.78 is 16.2. The molecule has 1 aliphatic heterocycles. The van der Waals surface area contributed by atoms with Crippen molar-refractivity contribution in [2.75, 3.05) is 33.2 Å². The van der Waals surface area contributed by atoms with E-state index in [2.05, 4.69) is 23.8 Å². The van der Waals surface area contributed by atoms with Crippen molar-refractivity contribution in [1.29, 1.82) is 0 Å². The summed E-state index contributed by atoms with van der Waals surface area (Å²) in [6.45, 7) is 6.27. The molecule has 2 aliphatic rings. The summed E-state index contributed by atoms with van der Waals surface area (Å²) in [7, 11) is 2.15. The zero-order valence-corrected chi connectivity index (χ0v) is 15.7. The molecule has 1 aliphatic carbocycles. The van der Waals surface area contributed by atoms with Gasteiger partial charge in [-0.3, -0.25) is 4.90 Å². The van der Waals surface area contributed by atoms with Crippen LogP contribution in [0.1, 0.15) is 56.2 Å². The molecule has 0 unspecified atom stereocenters. The van der Waals surface area contributed by atoms with Crippen molar-refractivity contribution in [3.05, 3.63) is 41.7 Å². The van der Waals surface area contributed by atoms with Crippen molar-refractivity contribution in [3.63, 3.8) is 0 Å². The molecule has 1 atom stereocenters. The minimum absolute atomic E-state index is 0.117. The molecule has 0 N–H and O–H groups in total. The molecule has 26 heavy (non-hydrogen) atoms. The van der Waals surface area contributed by atoms with Crippen LogP contribution >= 0.6 is 0 Å². The van der Waals surface area contributed by atoms with Crippen LogP contribution in [0.2, 0.25) is 0 Å². The van der Waals surface area contributed by atoms with E-state index in [9.17, 15) is 4.39 Å². The smallest absolute Gasteiger partial charge is 0.154 e. The fourth-order valence-corrected chi connectivity index (χ4v) is 4.14. The van der Waals surface area contributed by atoms with Gasteiger partial charge in [0, 0.05) is 32.1 Å². The molecule has 1 aromatic carbocycles. The first-order valence-corrected chi connectivity index (χ1v) is 9.78. The van der Waals surface area contributed by atoms with Crippen molar-refractivity contribution in [1.82, 2.24) is 24.6 Å². The maximum Gasteiger partial charge on any atom is 0.154 e. The highest BCUT2D eigenvalue weighted by Gasteiger charge is 2.29. The Balaban J connectivity index is 1.70. The topological polar surface area (TPSA) is 37.2 Å². The normalized spacial score (nSPS) is 21.3. The predicted molar refractivity (Wildman–Crippen MR) is 100 cm³/mol. The van der Waals surface area contributed by atoms with Crippen molar-refractivity contribution in [3.8, 4) is 5.69 Å². The van der Waals surface area contributed by atoms with Crippen molar-refractivity contribution in [2.24, 2.45) is 0 Å². The standard InChI is InChI=1S/C20H28FN5/c1-15(25-13-11-24(2)12-14-25)20-22-19(16-7-3-4-8-16)23-26(20)18-10-6-5-9-17(18)21/h5-6,9-10,15-16H,3-4,7-8,11-14H2,1-2H3/t15-/m1/s1. The summed E-state index contributed by atoms with van der Waals surface area (Å²) in [5.41, 5.74) is 0.500. The maximum absolute atomic E-state index is 14.5. The molecular formula is C20H28FN5. The summed E-state index contributed by atoms with van der Waals surface area (Å²) >= 11 is 0. The van der Waals surface area contributed by atoms with Crippen LogP contribution in [0, 0.1) is 5.82 Å². The largest absolute Gasteiger partial charge is 0.304 e. The Morgan fingerprint density at radius 3 is 2.46 bits per heavy atom. The summed E-state index contributed by atoms with van der Waals surface area (Å²) in [4.78, 5) is 9.71. The minimum Gasteiger partial charge on any atom is -0.304 e. The molecule has 6 heteroatoms. The number of para-hydroxylation sites is 1. The highest BCUT2D eigenvalue weighted by Crippen LogP contribution is 2.34. The van der Waals surface area contributed by atoms with Crippen LogP contribution in [0.3, 0.4) is 0 Å². The van der Waals surface area contributed by atoms with E-state index in [1.54, 1.807) is 16.8 Å². The Morgan fingerprint density at radius 2 is 1.77 bits per heavy atom. The lowest BCUT2D eigenvalue weighted by Crippen LogP contribution is -2.45. The maximum atomic E-state index is 14.5. The van der Waals surface area contributed by atoms with Crippen molar-refractivity contribution in [2.45, 2.75) is 44.6 Å². The Labute approximate surface area is 154 Å². The molecule has 1 aromatic heterocycles. The molecule has 1 saturated carbocycles. The number of halogens is 1. The van der Waals surface area contributed by atoms with Gasteiger partial charge in [0.2, 0.25) is 0 Å². The second kappa shape index (κ2) is 7.45. The lowest BCUT2D eigenvalue weighted by atomic mass is 10.1. The van der Waals surface area contributed by atoms with Gasteiger partial charge in [-0.2, -0.15) is 5.10 Å².